The van der Waals surface area contributed by atoms with E-state index in [1.54, 1.807) is 14.2 Å². The van der Waals surface area contributed by atoms with Crippen molar-refractivity contribution in [3.8, 4) is 28.4 Å². The average Bonchev–Trinajstić information content (AvgIpc) is 3.10. The van der Waals surface area contributed by atoms with E-state index in [0.717, 1.165) is 22.6 Å². The molecule has 0 N–H and O–H groups in total. The van der Waals surface area contributed by atoms with E-state index in [9.17, 15) is 9.90 Å². The minimum atomic E-state index is -1.07. The van der Waals surface area contributed by atoms with Gasteiger partial charge in [-0.2, -0.15) is 0 Å². The van der Waals surface area contributed by atoms with Crippen LogP contribution in [0, 0.1) is 0 Å². The molecule has 0 spiro atoms. The lowest BCUT2D eigenvalue weighted by atomic mass is 10.1. The first kappa shape index (κ1) is 17.6. The monoisotopic (exact) mass is 350 g/mol. The number of hydrogen-bond acceptors (Lipinski definition) is 4. The Morgan fingerprint density at radius 3 is 2.42 bits per heavy atom. The number of aliphatic carboxylic acids is 1. The fraction of sp³-hybridized carbons (Fsp3) is 0.190. The summed E-state index contributed by atoms with van der Waals surface area (Å²) in [5, 5.41) is 11.0. The number of hydrogen-bond donors (Lipinski definition) is 0. The molecule has 0 aliphatic heterocycles. The number of carboxylic acid groups (broad SMARTS) is 1. The molecular formula is C21H20NO4-. The highest BCUT2D eigenvalue weighted by atomic mass is 16.5. The summed E-state index contributed by atoms with van der Waals surface area (Å²) in [5.74, 6) is 0.296. The van der Waals surface area contributed by atoms with E-state index in [1.807, 2.05) is 65.2 Å². The Balaban J connectivity index is 2.20. The third-order valence-electron chi connectivity index (χ3n) is 4.24. The quantitative estimate of drug-likeness (QED) is 0.657. The van der Waals surface area contributed by atoms with E-state index in [-0.39, 0.29) is 6.42 Å². The molecule has 0 amide bonds. The van der Waals surface area contributed by atoms with Crippen molar-refractivity contribution in [2.24, 2.45) is 0 Å². The maximum absolute atomic E-state index is 11.0. The molecule has 5 nitrogen and oxygen atoms in total. The lowest BCUT2D eigenvalue weighted by molar-refractivity contribution is -0.305. The van der Waals surface area contributed by atoms with Gasteiger partial charge in [0, 0.05) is 17.7 Å². The van der Waals surface area contributed by atoms with Crippen molar-refractivity contribution < 1.29 is 19.4 Å². The normalized spacial score (nSPS) is 10.5. The van der Waals surface area contributed by atoms with Crippen molar-refractivity contribution in [1.29, 1.82) is 0 Å². The van der Waals surface area contributed by atoms with Crippen molar-refractivity contribution in [2.75, 3.05) is 14.2 Å². The molecule has 0 bridgehead atoms. The standard InChI is InChI=1S/C21H21NO4/c1-25-17-10-12-20(26-2)19(14-17)22-16(9-13-21(23)24)8-11-18(22)15-6-4-3-5-7-15/h3-8,10-12,14H,9,13H2,1-2H3,(H,23,24)/p-1. The van der Waals surface area contributed by atoms with Crippen molar-refractivity contribution in [1.82, 2.24) is 4.57 Å². The molecule has 0 fully saturated rings. The fourth-order valence-corrected chi connectivity index (χ4v) is 2.99. The van der Waals surface area contributed by atoms with Crippen LogP contribution < -0.4 is 14.6 Å². The summed E-state index contributed by atoms with van der Waals surface area (Å²) in [6.07, 6.45) is 0.306. The van der Waals surface area contributed by atoms with Crippen molar-refractivity contribution in [3.05, 3.63) is 66.4 Å². The molecule has 3 rings (SSSR count). The SMILES string of the molecule is COc1ccc(OC)c(-n2c(CCC(=O)[O-])ccc2-c2ccccc2)c1. The fourth-order valence-electron chi connectivity index (χ4n) is 2.99. The smallest absolute Gasteiger partial charge is 0.143 e. The number of rotatable bonds is 7. The molecule has 1 heterocycles. The number of benzene rings is 2. The minimum absolute atomic E-state index is 0.0511. The minimum Gasteiger partial charge on any atom is -0.550 e. The second kappa shape index (κ2) is 7.78. The molecule has 3 aromatic rings. The Labute approximate surface area is 152 Å². The number of aryl methyl sites for hydroxylation is 1. The maximum Gasteiger partial charge on any atom is 0.143 e. The largest absolute Gasteiger partial charge is 0.550 e. The first-order chi connectivity index (χ1) is 12.6. The summed E-state index contributed by atoms with van der Waals surface area (Å²) in [4.78, 5) is 11.0. The lowest BCUT2D eigenvalue weighted by Crippen LogP contribution is -2.22. The summed E-state index contributed by atoms with van der Waals surface area (Å²) in [7, 11) is 3.22. The third kappa shape index (κ3) is 3.57. The van der Waals surface area contributed by atoms with Gasteiger partial charge in [0.15, 0.2) is 0 Å². The van der Waals surface area contributed by atoms with Gasteiger partial charge in [0.2, 0.25) is 0 Å². The van der Waals surface area contributed by atoms with Crippen LogP contribution in [0.5, 0.6) is 11.5 Å². The molecule has 2 aromatic carbocycles. The van der Waals surface area contributed by atoms with Gasteiger partial charge in [-0.3, -0.25) is 0 Å². The van der Waals surface area contributed by atoms with Gasteiger partial charge in [-0.25, -0.2) is 0 Å². The molecule has 0 atom stereocenters. The number of ether oxygens (including phenoxy) is 2. The lowest BCUT2D eigenvalue weighted by Gasteiger charge is -2.18. The van der Waals surface area contributed by atoms with Gasteiger partial charge in [-0.15, -0.1) is 0 Å². The Bertz CT molecular complexity index is 900. The zero-order valence-corrected chi connectivity index (χ0v) is 14.8. The molecule has 0 aliphatic carbocycles. The van der Waals surface area contributed by atoms with Crippen LogP contribution in [0.4, 0.5) is 0 Å². The molecule has 0 unspecified atom stereocenters. The average molecular weight is 350 g/mol. The van der Waals surface area contributed by atoms with Gasteiger partial charge in [-0.1, -0.05) is 30.3 Å². The Kier molecular flexibility index (Phi) is 5.27. The van der Waals surface area contributed by atoms with Gasteiger partial charge < -0.3 is 23.9 Å². The topological polar surface area (TPSA) is 63.5 Å². The van der Waals surface area contributed by atoms with Crippen LogP contribution in [0.1, 0.15) is 12.1 Å². The zero-order chi connectivity index (χ0) is 18.5. The number of methoxy groups -OCH3 is 2. The van der Waals surface area contributed by atoms with Crippen LogP contribution in [-0.2, 0) is 11.2 Å². The van der Waals surface area contributed by atoms with E-state index in [4.69, 9.17) is 9.47 Å². The highest BCUT2D eigenvalue weighted by Gasteiger charge is 2.16. The highest BCUT2D eigenvalue weighted by Crippen LogP contribution is 2.34. The van der Waals surface area contributed by atoms with Crippen LogP contribution in [-0.4, -0.2) is 24.8 Å². The molecule has 0 radical (unpaired) electrons. The summed E-state index contributed by atoms with van der Waals surface area (Å²) in [5.41, 5.74) is 3.63. The van der Waals surface area contributed by atoms with E-state index < -0.39 is 5.97 Å². The van der Waals surface area contributed by atoms with E-state index >= 15 is 0 Å². The van der Waals surface area contributed by atoms with Crippen molar-refractivity contribution >= 4 is 5.97 Å². The maximum atomic E-state index is 11.0. The Hall–Kier alpha value is -3.21. The predicted molar refractivity (Wildman–Crippen MR) is 97.6 cm³/mol. The first-order valence-electron chi connectivity index (χ1n) is 8.32. The van der Waals surface area contributed by atoms with Gasteiger partial charge in [0.25, 0.3) is 0 Å². The summed E-state index contributed by atoms with van der Waals surface area (Å²) < 4.78 is 12.9. The Morgan fingerprint density at radius 2 is 1.77 bits per heavy atom. The third-order valence-corrected chi connectivity index (χ3v) is 4.24. The molecule has 0 saturated carbocycles. The van der Waals surface area contributed by atoms with Crippen molar-refractivity contribution in [2.45, 2.75) is 12.8 Å². The first-order valence-corrected chi connectivity index (χ1v) is 8.32. The van der Waals surface area contributed by atoms with Gasteiger partial charge >= 0.3 is 0 Å². The molecular weight excluding hydrogens is 330 g/mol. The summed E-state index contributed by atoms with van der Waals surface area (Å²) in [6.45, 7) is 0. The number of aromatic nitrogens is 1. The molecule has 5 heteroatoms. The molecule has 0 saturated heterocycles. The zero-order valence-electron chi connectivity index (χ0n) is 14.8. The second-order valence-electron chi connectivity index (χ2n) is 5.82. The van der Waals surface area contributed by atoms with E-state index in [0.29, 0.717) is 17.9 Å². The number of carboxylic acids is 1. The molecule has 1 aromatic heterocycles. The van der Waals surface area contributed by atoms with Crippen molar-refractivity contribution in [3.63, 3.8) is 0 Å². The highest BCUT2D eigenvalue weighted by molar-refractivity contribution is 5.68. The van der Waals surface area contributed by atoms with Crippen LogP contribution in [0.25, 0.3) is 16.9 Å². The summed E-state index contributed by atoms with van der Waals surface area (Å²) in [6, 6.07) is 19.4. The predicted octanol–water partition coefficient (Wildman–Crippen LogP) is 2.84. The second-order valence-corrected chi connectivity index (χ2v) is 5.82. The van der Waals surface area contributed by atoms with Gasteiger partial charge in [0.1, 0.15) is 11.5 Å². The number of carbonyl (C=O) groups excluding carboxylic acids is 1. The summed E-state index contributed by atoms with van der Waals surface area (Å²) >= 11 is 0. The molecule has 26 heavy (non-hydrogen) atoms. The molecule has 0 aliphatic rings. The van der Waals surface area contributed by atoms with Gasteiger partial charge in [-0.05, 0) is 42.7 Å². The Morgan fingerprint density at radius 1 is 1.00 bits per heavy atom. The van der Waals surface area contributed by atoms with E-state index in [2.05, 4.69) is 0 Å². The van der Waals surface area contributed by atoms with Crippen LogP contribution in [0.3, 0.4) is 0 Å². The number of nitrogens with zero attached hydrogens (tertiary/aromatic N) is 1. The molecule has 134 valence electrons. The van der Waals surface area contributed by atoms with Crippen LogP contribution in [0.2, 0.25) is 0 Å². The van der Waals surface area contributed by atoms with E-state index in [1.165, 1.54) is 0 Å². The number of carbonyl (C=O) groups is 1. The van der Waals surface area contributed by atoms with Gasteiger partial charge in [0.05, 0.1) is 25.6 Å². The van der Waals surface area contributed by atoms with Crippen LogP contribution in [0.15, 0.2) is 60.7 Å². The van der Waals surface area contributed by atoms with Crippen LogP contribution >= 0.6 is 0 Å².